The normalized spacial score (nSPS) is 12.6. The second kappa shape index (κ2) is 10.2. The van der Waals surface area contributed by atoms with Crippen molar-refractivity contribution in [1.82, 2.24) is 15.5 Å². The molecule has 26 heavy (non-hydrogen) atoms. The maximum atomic E-state index is 12.7. The first-order valence-electron chi connectivity index (χ1n) is 8.31. The molecule has 0 saturated carbocycles. The van der Waals surface area contributed by atoms with Gasteiger partial charge in [0, 0.05) is 26.9 Å². The highest BCUT2D eigenvalue weighted by Gasteiger charge is 2.28. The van der Waals surface area contributed by atoms with E-state index < -0.39 is 24.0 Å². The molecule has 1 rings (SSSR count). The van der Waals surface area contributed by atoms with E-state index in [4.69, 9.17) is 0 Å². The zero-order valence-electron chi connectivity index (χ0n) is 15.2. The zero-order chi connectivity index (χ0) is 19.7. The number of carboxylic acid groups (broad SMARTS) is 1. The smallest absolute Gasteiger partial charge is 0.326 e. The van der Waals surface area contributed by atoms with Gasteiger partial charge < -0.3 is 20.6 Å². The molecular formula is C18H25N3O5. The number of carbonyl (C=O) groups is 4. The summed E-state index contributed by atoms with van der Waals surface area (Å²) in [6, 6.07) is 7.37. The fourth-order valence-corrected chi connectivity index (χ4v) is 2.49. The highest BCUT2D eigenvalue weighted by molar-refractivity contribution is 5.84. The van der Waals surface area contributed by atoms with Crippen LogP contribution in [0.1, 0.15) is 38.8 Å². The van der Waals surface area contributed by atoms with Crippen LogP contribution in [0.2, 0.25) is 0 Å². The summed E-state index contributed by atoms with van der Waals surface area (Å²) in [5.41, 5.74) is 0.751. The van der Waals surface area contributed by atoms with Gasteiger partial charge in [-0.3, -0.25) is 14.4 Å². The van der Waals surface area contributed by atoms with E-state index in [0.29, 0.717) is 0 Å². The molecule has 3 amide bonds. The Labute approximate surface area is 152 Å². The molecule has 0 aliphatic rings. The largest absolute Gasteiger partial charge is 0.480 e. The molecule has 0 aliphatic heterocycles. The minimum absolute atomic E-state index is 0.0630. The van der Waals surface area contributed by atoms with Gasteiger partial charge in [0.1, 0.15) is 6.04 Å². The van der Waals surface area contributed by atoms with Crippen LogP contribution in [0.5, 0.6) is 0 Å². The van der Waals surface area contributed by atoms with E-state index in [9.17, 15) is 24.3 Å². The van der Waals surface area contributed by atoms with E-state index >= 15 is 0 Å². The van der Waals surface area contributed by atoms with E-state index in [1.54, 1.807) is 24.3 Å². The Morgan fingerprint density at radius 2 is 1.69 bits per heavy atom. The van der Waals surface area contributed by atoms with Gasteiger partial charge in [-0.2, -0.15) is 0 Å². The Bertz CT molecular complexity index is 647. The van der Waals surface area contributed by atoms with E-state index in [0.717, 1.165) is 5.56 Å². The summed E-state index contributed by atoms with van der Waals surface area (Å²) in [5.74, 6) is -2.12. The first kappa shape index (κ1) is 21.1. The minimum atomic E-state index is -1.14. The lowest BCUT2D eigenvalue weighted by Gasteiger charge is -2.29. The van der Waals surface area contributed by atoms with Crippen LogP contribution < -0.4 is 10.6 Å². The van der Waals surface area contributed by atoms with E-state index in [1.807, 2.05) is 6.07 Å². The molecule has 3 N–H and O–H groups in total. The molecule has 2 atom stereocenters. The van der Waals surface area contributed by atoms with Crippen molar-refractivity contribution < 1.29 is 24.3 Å². The number of hydrogen-bond donors (Lipinski definition) is 3. The molecule has 0 spiro atoms. The Kier molecular flexibility index (Phi) is 8.27. The van der Waals surface area contributed by atoms with E-state index in [2.05, 4.69) is 10.6 Å². The summed E-state index contributed by atoms with van der Waals surface area (Å²) >= 11 is 0. The van der Waals surface area contributed by atoms with Crippen molar-refractivity contribution in [2.24, 2.45) is 0 Å². The van der Waals surface area contributed by atoms with Gasteiger partial charge in [-0.25, -0.2) is 4.79 Å². The van der Waals surface area contributed by atoms with Crippen LogP contribution in [0, 0.1) is 0 Å². The molecule has 1 aromatic rings. The highest BCUT2D eigenvalue weighted by Crippen LogP contribution is 2.18. The van der Waals surface area contributed by atoms with E-state index in [1.165, 1.54) is 25.7 Å². The number of rotatable bonds is 9. The lowest BCUT2D eigenvalue weighted by Crippen LogP contribution is -2.47. The molecule has 0 aliphatic carbocycles. The second-order valence-corrected chi connectivity index (χ2v) is 5.95. The van der Waals surface area contributed by atoms with Gasteiger partial charge in [0.05, 0.1) is 12.5 Å². The summed E-state index contributed by atoms with van der Waals surface area (Å²) in [6.45, 7) is 4.32. The lowest BCUT2D eigenvalue weighted by atomic mass is 10.0. The molecule has 0 bridgehead atoms. The average molecular weight is 363 g/mol. The van der Waals surface area contributed by atoms with Crippen molar-refractivity contribution in [3.8, 4) is 0 Å². The van der Waals surface area contributed by atoms with Crippen LogP contribution in [0.3, 0.4) is 0 Å². The van der Waals surface area contributed by atoms with Crippen LogP contribution >= 0.6 is 0 Å². The lowest BCUT2D eigenvalue weighted by molar-refractivity contribution is -0.149. The monoisotopic (exact) mass is 363 g/mol. The van der Waals surface area contributed by atoms with Gasteiger partial charge in [0.25, 0.3) is 0 Å². The van der Waals surface area contributed by atoms with Gasteiger partial charge in [-0.1, -0.05) is 30.3 Å². The first-order valence-corrected chi connectivity index (χ1v) is 8.31. The molecule has 0 fully saturated rings. The third-order valence-corrected chi connectivity index (χ3v) is 3.83. The topological polar surface area (TPSA) is 116 Å². The van der Waals surface area contributed by atoms with Crippen molar-refractivity contribution >= 4 is 23.7 Å². The molecule has 8 heteroatoms. The number of nitrogens with one attached hydrogen (secondary N) is 2. The van der Waals surface area contributed by atoms with Crippen molar-refractivity contribution in [3.05, 3.63) is 35.9 Å². The van der Waals surface area contributed by atoms with Gasteiger partial charge >= 0.3 is 5.97 Å². The van der Waals surface area contributed by atoms with Gasteiger partial charge in [0.15, 0.2) is 0 Å². The molecular weight excluding hydrogens is 338 g/mol. The quantitative estimate of drug-likeness (QED) is 0.597. The first-order chi connectivity index (χ1) is 12.2. The maximum Gasteiger partial charge on any atom is 0.326 e. The Hall–Kier alpha value is -2.90. The Balaban J connectivity index is 2.93. The third-order valence-electron chi connectivity index (χ3n) is 3.83. The molecule has 1 aromatic carbocycles. The molecule has 142 valence electrons. The van der Waals surface area contributed by atoms with Crippen LogP contribution in [-0.4, -0.2) is 52.8 Å². The fourth-order valence-electron chi connectivity index (χ4n) is 2.49. The second-order valence-electron chi connectivity index (χ2n) is 5.95. The fraction of sp³-hybridized carbons (Fsp3) is 0.444. The summed E-state index contributed by atoms with van der Waals surface area (Å²) in [6.07, 6.45) is -0.0821. The number of carbonyl (C=O) groups excluding carboxylic acids is 3. The maximum absolute atomic E-state index is 12.7. The Morgan fingerprint density at radius 1 is 1.08 bits per heavy atom. The van der Waals surface area contributed by atoms with Crippen molar-refractivity contribution in [2.75, 3.05) is 13.1 Å². The molecule has 0 aromatic heterocycles. The predicted molar refractivity (Wildman–Crippen MR) is 95.1 cm³/mol. The van der Waals surface area contributed by atoms with Crippen molar-refractivity contribution in [3.63, 3.8) is 0 Å². The number of benzene rings is 1. The molecule has 0 radical (unpaired) electrons. The average Bonchev–Trinajstić information content (AvgIpc) is 2.57. The van der Waals surface area contributed by atoms with Crippen molar-refractivity contribution in [1.29, 1.82) is 0 Å². The summed E-state index contributed by atoms with van der Waals surface area (Å²) < 4.78 is 0. The van der Waals surface area contributed by atoms with Gasteiger partial charge in [-0.05, 0) is 12.5 Å². The van der Waals surface area contributed by atoms with E-state index in [-0.39, 0.29) is 31.3 Å². The number of amides is 3. The number of nitrogens with zero attached hydrogens (tertiary/aromatic N) is 1. The van der Waals surface area contributed by atoms with Crippen LogP contribution in [0.25, 0.3) is 0 Å². The zero-order valence-corrected chi connectivity index (χ0v) is 15.2. The standard InChI is InChI=1S/C18H25N3O5/c1-12(18(25)26)21(10-9-19-13(2)22)17(24)11-16(20-14(3)23)15-7-5-4-6-8-15/h4-8,12,16H,9-11H2,1-3H3,(H,19,22)(H,20,23)(H,25,26). The van der Waals surface area contributed by atoms with Gasteiger partial charge in [-0.15, -0.1) is 0 Å². The minimum Gasteiger partial charge on any atom is -0.480 e. The summed E-state index contributed by atoms with van der Waals surface area (Å²) in [7, 11) is 0. The number of aliphatic carboxylic acids is 1. The van der Waals surface area contributed by atoms with Crippen molar-refractivity contribution in [2.45, 2.75) is 39.3 Å². The Morgan fingerprint density at radius 3 is 2.19 bits per heavy atom. The number of hydrogen-bond acceptors (Lipinski definition) is 4. The molecule has 8 nitrogen and oxygen atoms in total. The molecule has 0 saturated heterocycles. The molecule has 0 heterocycles. The summed E-state index contributed by atoms with van der Waals surface area (Å²) in [4.78, 5) is 47.7. The van der Waals surface area contributed by atoms with Crippen LogP contribution in [0.4, 0.5) is 0 Å². The molecule has 2 unspecified atom stereocenters. The van der Waals surface area contributed by atoms with Crippen LogP contribution in [-0.2, 0) is 19.2 Å². The van der Waals surface area contributed by atoms with Gasteiger partial charge in [0.2, 0.25) is 17.7 Å². The highest BCUT2D eigenvalue weighted by atomic mass is 16.4. The predicted octanol–water partition coefficient (Wildman–Crippen LogP) is 0.692. The third kappa shape index (κ3) is 6.92. The van der Waals surface area contributed by atoms with Crippen LogP contribution in [0.15, 0.2) is 30.3 Å². The SMILES string of the molecule is CC(=O)NCCN(C(=O)CC(NC(C)=O)c1ccccc1)C(C)C(=O)O. The summed E-state index contributed by atoms with van der Waals surface area (Å²) in [5, 5.41) is 14.5. The number of carboxylic acids is 1.